The van der Waals surface area contributed by atoms with Gasteiger partial charge in [-0.25, -0.2) is 13.6 Å². The van der Waals surface area contributed by atoms with Gasteiger partial charge in [0.05, 0.1) is 11.6 Å². The smallest absolute Gasteiger partial charge is 0.318 e. The van der Waals surface area contributed by atoms with E-state index < -0.39 is 35.5 Å². The van der Waals surface area contributed by atoms with Crippen LogP contribution in [0.2, 0.25) is 0 Å². The summed E-state index contributed by atoms with van der Waals surface area (Å²) in [5.41, 5.74) is 4.72. The molecule has 4 amide bonds. The molecular weight excluding hydrogens is 322 g/mol. The summed E-state index contributed by atoms with van der Waals surface area (Å²) in [6.07, 6.45) is 0. The molecule has 2 rings (SSSR count). The van der Waals surface area contributed by atoms with E-state index in [9.17, 15) is 23.2 Å². The monoisotopic (exact) mass is 340 g/mol. The van der Waals surface area contributed by atoms with E-state index in [0.717, 1.165) is 12.1 Å². The highest BCUT2D eigenvalue weighted by Gasteiger charge is 2.29. The number of carbonyl (C=O) groups is 3. The Morgan fingerprint density at radius 1 is 1.17 bits per heavy atom. The minimum atomic E-state index is -0.924. The second-order valence-corrected chi connectivity index (χ2v) is 5.48. The number of piperazine rings is 1. The molecule has 0 aromatic heterocycles. The minimum absolute atomic E-state index is 0.190. The molecule has 7 nitrogen and oxygen atoms in total. The number of imide groups is 1. The van der Waals surface area contributed by atoms with Crippen molar-refractivity contribution in [1.29, 1.82) is 0 Å². The van der Waals surface area contributed by atoms with E-state index in [1.807, 2.05) is 5.32 Å². The first kappa shape index (κ1) is 17.8. The van der Waals surface area contributed by atoms with E-state index in [0.29, 0.717) is 19.2 Å². The number of nitrogens with one attached hydrogen (secondary N) is 1. The molecule has 1 aromatic carbocycles. The number of nitrogens with zero attached hydrogens (tertiary/aromatic N) is 2. The first-order chi connectivity index (χ1) is 11.3. The maximum absolute atomic E-state index is 13.7. The van der Waals surface area contributed by atoms with Crippen LogP contribution in [0.3, 0.4) is 0 Å². The van der Waals surface area contributed by atoms with Crippen molar-refractivity contribution in [2.24, 2.45) is 5.73 Å². The van der Waals surface area contributed by atoms with Crippen molar-refractivity contribution in [3.63, 3.8) is 0 Å². The Morgan fingerprint density at radius 3 is 2.33 bits per heavy atom. The molecule has 1 aliphatic heterocycles. The highest BCUT2D eigenvalue weighted by Crippen LogP contribution is 2.15. The van der Waals surface area contributed by atoms with Gasteiger partial charge in [0, 0.05) is 32.2 Å². The molecule has 0 bridgehead atoms. The molecule has 0 radical (unpaired) electrons. The molecule has 1 fully saturated rings. The Bertz CT molecular complexity index is 660. The molecule has 3 N–H and O–H groups in total. The fraction of sp³-hybridized carbons (Fsp3) is 0.400. The third-order valence-electron chi connectivity index (χ3n) is 3.94. The number of halogens is 2. The predicted octanol–water partition coefficient (Wildman–Crippen LogP) is 0.306. The molecule has 24 heavy (non-hydrogen) atoms. The Hall–Kier alpha value is -2.55. The van der Waals surface area contributed by atoms with Gasteiger partial charge < -0.3 is 10.6 Å². The number of amides is 4. The Labute approximate surface area is 137 Å². The first-order valence-corrected chi connectivity index (χ1v) is 7.38. The molecule has 1 aliphatic rings. The van der Waals surface area contributed by atoms with Gasteiger partial charge in [-0.1, -0.05) is 0 Å². The van der Waals surface area contributed by atoms with E-state index in [4.69, 9.17) is 5.73 Å². The third-order valence-corrected chi connectivity index (χ3v) is 3.94. The number of nitrogens with two attached hydrogens (primary N) is 1. The molecule has 1 heterocycles. The average Bonchev–Trinajstić information content (AvgIpc) is 2.53. The van der Waals surface area contributed by atoms with E-state index in [2.05, 4.69) is 0 Å². The zero-order chi connectivity index (χ0) is 17.9. The van der Waals surface area contributed by atoms with Gasteiger partial charge in [0.2, 0.25) is 5.91 Å². The van der Waals surface area contributed by atoms with Crippen molar-refractivity contribution in [1.82, 2.24) is 15.1 Å². The van der Waals surface area contributed by atoms with Crippen LogP contribution >= 0.6 is 0 Å². The van der Waals surface area contributed by atoms with E-state index in [1.165, 1.54) is 4.90 Å². The van der Waals surface area contributed by atoms with Gasteiger partial charge in [-0.05, 0) is 19.1 Å². The van der Waals surface area contributed by atoms with Crippen LogP contribution in [0.15, 0.2) is 18.2 Å². The summed E-state index contributed by atoms with van der Waals surface area (Å²) in [6.45, 7) is 2.94. The molecular formula is C15H18F2N4O3. The summed E-state index contributed by atoms with van der Waals surface area (Å²) in [5.74, 6) is -2.70. The van der Waals surface area contributed by atoms with E-state index in [-0.39, 0.29) is 18.7 Å². The normalized spacial score (nSPS) is 16.5. The van der Waals surface area contributed by atoms with Gasteiger partial charge in [-0.2, -0.15) is 0 Å². The lowest BCUT2D eigenvalue weighted by Gasteiger charge is -2.37. The average molecular weight is 340 g/mol. The lowest BCUT2D eigenvalue weighted by Crippen LogP contribution is -2.56. The van der Waals surface area contributed by atoms with Gasteiger partial charge >= 0.3 is 6.03 Å². The van der Waals surface area contributed by atoms with Crippen LogP contribution in [0.4, 0.5) is 13.6 Å². The summed E-state index contributed by atoms with van der Waals surface area (Å²) < 4.78 is 26.6. The molecule has 0 aliphatic carbocycles. The highest BCUT2D eigenvalue weighted by molar-refractivity contribution is 5.96. The van der Waals surface area contributed by atoms with Crippen LogP contribution in [-0.4, -0.2) is 59.9 Å². The highest BCUT2D eigenvalue weighted by atomic mass is 19.1. The zero-order valence-electron chi connectivity index (χ0n) is 13.1. The van der Waals surface area contributed by atoms with Gasteiger partial charge in [0.25, 0.3) is 5.91 Å². The SMILES string of the molecule is C[C@@H](C(=O)NC(N)=O)N1CCN(C(=O)c2ccc(F)cc2F)CC1. The van der Waals surface area contributed by atoms with Crippen LogP contribution in [0, 0.1) is 11.6 Å². The van der Waals surface area contributed by atoms with Crippen LogP contribution < -0.4 is 11.1 Å². The van der Waals surface area contributed by atoms with Crippen molar-refractivity contribution in [3.8, 4) is 0 Å². The second-order valence-electron chi connectivity index (χ2n) is 5.48. The third kappa shape index (κ3) is 4.05. The summed E-state index contributed by atoms with van der Waals surface area (Å²) in [4.78, 5) is 38.0. The summed E-state index contributed by atoms with van der Waals surface area (Å²) in [6, 6.07) is 1.30. The van der Waals surface area contributed by atoms with Gasteiger partial charge in [0.1, 0.15) is 11.6 Å². The van der Waals surface area contributed by atoms with Crippen LogP contribution in [-0.2, 0) is 4.79 Å². The molecule has 1 atom stereocenters. The maximum Gasteiger partial charge on any atom is 0.318 e. The standard InChI is InChI=1S/C15H18F2N4O3/c1-9(13(22)19-15(18)24)20-4-6-21(7-5-20)14(23)11-3-2-10(16)8-12(11)17/h2-3,8-9H,4-7H2,1H3,(H3,18,19,22,24)/t9-/m0/s1. The lowest BCUT2D eigenvalue weighted by molar-refractivity contribution is -0.125. The quantitative estimate of drug-likeness (QED) is 0.828. The number of hydrogen-bond donors (Lipinski definition) is 2. The second kappa shape index (κ2) is 7.35. The lowest BCUT2D eigenvalue weighted by atomic mass is 10.1. The number of hydrogen-bond acceptors (Lipinski definition) is 4. The Kier molecular flexibility index (Phi) is 5.45. The molecule has 1 aromatic rings. The number of primary amides is 1. The maximum atomic E-state index is 13.7. The fourth-order valence-electron chi connectivity index (χ4n) is 2.54. The Balaban J connectivity index is 1.96. The largest absolute Gasteiger partial charge is 0.351 e. The van der Waals surface area contributed by atoms with Gasteiger partial charge in [-0.3, -0.25) is 19.8 Å². The summed E-state index contributed by atoms with van der Waals surface area (Å²) >= 11 is 0. The van der Waals surface area contributed by atoms with Crippen LogP contribution in [0.25, 0.3) is 0 Å². The minimum Gasteiger partial charge on any atom is -0.351 e. The zero-order valence-corrected chi connectivity index (χ0v) is 13.1. The summed E-state index contributed by atoms with van der Waals surface area (Å²) in [7, 11) is 0. The van der Waals surface area contributed by atoms with Crippen molar-refractivity contribution >= 4 is 17.8 Å². The number of benzene rings is 1. The number of urea groups is 1. The summed E-state index contributed by atoms with van der Waals surface area (Å²) in [5, 5.41) is 2.01. The van der Waals surface area contributed by atoms with Crippen LogP contribution in [0.5, 0.6) is 0 Å². The van der Waals surface area contributed by atoms with E-state index >= 15 is 0 Å². The molecule has 0 saturated carbocycles. The number of rotatable bonds is 3. The topological polar surface area (TPSA) is 95.7 Å². The first-order valence-electron chi connectivity index (χ1n) is 7.38. The van der Waals surface area contributed by atoms with Crippen molar-refractivity contribution in [2.45, 2.75) is 13.0 Å². The van der Waals surface area contributed by atoms with Gasteiger partial charge in [0.15, 0.2) is 0 Å². The molecule has 1 saturated heterocycles. The Morgan fingerprint density at radius 2 is 1.79 bits per heavy atom. The molecule has 130 valence electrons. The van der Waals surface area contributed by atoms with Gasteiger partial charge in [-0.15, -0.1) is 0 Å². The predicted molar refractivity (Wildman–Crippen MR) is 81.0 cm³/mol. The van der Waals surface area contributed by atoms with Crippen molar-refractivity contribution in [3.05, 3.63) is 35.4 Å². The van der Waals surface area contributed by atoms with Crippen LogP contribution in [0.1, 0.15) is 17.3 Å². The number of carbonyl (C=O) groups excluding carboxylic acids is 3. The van der Waals surface area contributed by atoms with Crippen molar-refractivity contribution in [2.75, 3.05) is 26.2 Å². The molecule has 0 unspecified atom stereocenters. The van der Waals surface area contributed by atoms with E-state index in [1.54, 1.807) is 11.8 Å². The molecule has 9 heteroatoms. The van der Waals surface area contributed by atoms with Crippen molar-refractivity contribution < 1.29 is 23.2 Å². The fourth-order valence-corrected chi connectivity index (χ4v) is 2.54. The molecule has 0 spiro atoms.